The van der Waals surface area contributed by atoms with E-state index in [-0.39, 0.29) is 5.56 Å². The van der Waals surface area contributed by atoms with Crippen LogP contribution in [-0.2, 0) is 0 Å². The van der Waals surface area contributed by atoms with Crippen molar-refractivity contribution in [1.29, 1.82) is 0 Å². The number of hydrogen-bond acceptors (Lipinski definition) is 5. The number of anilines is 2. The van der Waals surface area contributed by atoms with Crippen molar-refractivity contribution in [3.63, 3.8) is 0 Å². The molecule has 3 rings (SSSR count). The van der Waals surface area contributed by atoms with Crippen LogP contribution in [0.2, 0.25) is 5.02 Å². The second-order valence-corrected chi connectivity index (χ2v) is 6.33. The molecule has 25 heavy (non-hydrogen) atoms. The molecular formula is C18H18ClN5O. The summed E-state index contributed by atoms with van der Waals surface area (Å²) < 4.78 is 1.46. The van der Waals surface area contributed by atoms with Crippen LogP contribution in [0.4, 0.5) is 11.9 Å². The molecule has 0 spiro atoms. The Labute approximate surface area is 150 Å². The second-order valence-electron chi connectivity index (χ2n) is 5.93. The summed E-state index contributed by atoms with van der Waals surface area (Å²) in [5, 5.41) is 3.64. The van der Waals surface area contributed by atoms with Crippen LogP contribution in [0.5, 0.6) is 0 Å². The molecule has 0 amide bonds. The minimum absolute atomic E-state index is 0.209. The highest BCUT2D eigenvalue weighted by atomic mass is 35.5. The molecule has 0 atom stereocenters. The van der Waals surface area contributed by atoms with Gasteiger partial charge in [0.2, 0.25) is 11.9 Å². The molecule has 0 aliphatic rings. The molecule has 0 saturated heterocycles. The molecule has 128 valence electrons. The second kappa shape index (κ2) is 6.64. The van der Waals surface area contributed by atoms with E-state index in [9.17, 15) is 4.79 Å². The van der Waals surface area contributed by atoms with Crippen molar-refractivity contribution < 1.29 is 0 Å². The number of nitrogens with zero attached hydrogens (tertiary/aromatic N) is 4. The molecule has 2 aromatic heterocycles. The van der Waals surface area contributed by atoms with E-state index < -0.39 is 0 Å². The van der Waals surface area contributed by atoms with Crippen LogP contribution in [-0.4, -0.2) is 19.5 Å². The Morgan fingerprint density at radius 1 is 0.920 bits per heavy atom. The summed E-state index contributed by atoms with van der Waals surface area (Å²) in [7, 11) is 0. The van der Waals surface area contributed by atoms with Gasteiger partial charge in [0.05, 0.1) is 5.69 Å². The molecule has 1 N–H and O–H groups in total. The van der Waals surface area contributed by atoms with Gasteiger partial charge in [0.1, 0.15) is 0 Å². The molecule has 0 unspecified atom stereocenters. The van der Waals surface area contributed by atoms with Crippen LogP contribution in [0.25, 0.3) is 5.69 Å². The van der Waals surface area contributed by atoms with Crippen molar-refractivity contribution in [3.05, 3.63) is 68.4 Å². The molecule has 0 bridgehead atoms. The monoisotopic (exact) mass is 355 g/mol. The van der Waals surface area contributed by atoms with Crippen molar-refractivity contribution in [2.45, 2.75) is 27.7 Å². The summed E-state index contributed by atoms with van der Waals surface area (Å²) in [6.45, 7) is 7.44. The fourth-order valence-electron chi connectivity index (χ4n) is 2.53. The number of rotatable bonds is 3. The van der Waals surface area contributed by atoms with Gasteiger partial charge in [-0.25, -0.2) is 19.5 Å². The Kier molecular flexibility index (Phi) is 4.55. The van der Waals surface area contributed by atoms with Crippen molar-refractivity contribution in [2.75, 3.05) is 5.32 Å². The predicted molar refractivity (Wildman–Crippen MR) is 99.1 cm³/mol. The van der Waals surface area contributed by atoms with Crippen LogP contribution in [0.3, 0.4) is 0 Å². The van der Waals surface area contributed by atoms with E-state index in [0.717, 1.165) is 17.0 Å². The van der Waals surface area contributed by atoms with Crippen molar-refractivity contribution in [1.82, 2.24) is 19.5 Å². The zero-order valence-electron chi connectivity index (χ0n) is 14.5. The summed E-state index contributed by atoms with van der Waals surface area (Å²) in [5.74, 6) is 0.733. The highest BCUT2D eigenvalue weighted by Crippen LogP contribution is 2.21. The normalized spacial score (nSPS) is 10.8. The highest BCUT2D eigenvalue weighted by molar-refractivity contribution is 6.31. The summed E-state index contributed by atoms with van der Waals surface area (Å²) in [6.07, 6.45) is 0. The van der Waals surface area contributed by atoms with Crippen molar-refractivity contribution in [2.24, 2.45) is 0 Å². The maximum atomic E-state index is 12.6. The number of hydrogen-bond donors (Lipinski definition) is 1. The highest BCUT2D eigenvalue weighted by Gasteiger charge is 2.12. The molecule has 0 aliphatic carbocycles. The fourth-order valence-corrected chi connectivity index (χ4v) is 2.71. The van der Waals surface area contributed by atoms with Crippen LogP contribution >= 0.6 is 11.6 Å². The number of benzene rings is 1. The topological polar surface area (TPSA) is 72.7 Å². The lowest BCUT2D eigenvalue weighted by atomic mass is 10.2. The largest absolute Gasteiger partial charge is 0.294 e. The third kappa shape index (κ3) is 3.69. The molecule has 0 radical (unpaired) electrons. The summed E-state index contributed by atoms with van der Waals surface area (Å²) in [5.41, 5.74) is 3.61. The fraction of sp³-hybridized carbons (Fsp3) is 0.222. The van der Waals surface area contributed by atoms with E-state index in [1.165, 1.54) is 10.6 Å². The Morgan fingerprint density at radius 2 is 1.56 bits per heavy atom. The van der Waals surface area contributed by atoms with Gasteiger partial charge in [-0.2, -0.15) is 0 Å². The lowest BCUT2D eigenvalue weighted by Crippen LogP contribution is -2.23. The third-order valence-electron chi connectivity index (χ3n) is 3.67. The number of aromatic nitrogens is 4. The standard InChI is InChI=1S/C18H18ClN5O/c1-10-5-6-14(9-15(10)19)24-16(25)8-13(4)22-18(24)23-17-20-11(2)7-12(3)21-17/h5-9H,1-4H3,(H,20,21,22,23). The third-order valence-corrected chi connectivity index (χ3v) is 4.07. The number of aryl methyl sites for hydroxylation is 4. The molecule has 1 aromatic carbocycles. The molecule has 0 aliphatic heterocycles. The average Bonchev–Trinajstić information content (AvgIpc) is 2.49. The summed E-state index contributed by atoms with van der Waals surface area (Å²) in [4.78, 5) is 25.7. The predicted octanol–water partition coefficient (Wildman–Crippen LogP) is 3.65. The molecular weight excluding hydrogens is 338 g/mol. The molecule has 3 aromatic rings. The molecule has 2 heterocycles. The van der Waals surface area contributed by atoms with Gasteiger partial charge in [-0.3, -0.25) is 10.1 Å². The minimum atomic E-state index is -0.209. The van der Waals surface area contributed by atoms with E-state index in [1.807, 2.05) is 39.0 Å². The first-order valence-electron chi connectivity index (χ1n) is 7.80. The van der Waals surface area contributed by atoms with E-state index in [2.05, 4.69) is 20.3 Å². The minimum Gasteiger partial charge on any atom is -0.294 e. The molecule has 7 heteroatoms. The van der Waals surface area contributed by atoms with Gasteiger partial charge in [0.25, 0.3) is 5.56 Å². The maximum absolute atomic E-state index is 12.6. The van der Waals surface area contributed by atoms with E-state index in [0.29, 0.717) is 28.3 Å². The van der Waals surface area contributed by atoms with Gasteiger partial charge in [0.15, 0.2) is 0 Å². The van der Waals surface area contributed by atoms with Gasteiger partial charge in [0, 0.05) is 28.2 Å². The summed E-state index contributed by atoms with van der Waals surface area (Å²) >= 11 is 6.22. The SMILES string of the molecule is Cc1cc(C)nc(Nc2nc(C)cc(=O)n2-c2ccc(C)c(Cl)c2)n1. The zero-order valence-corrected chi connectivity index (χ0v) is 15.2. The molecule has 0 fully saturated rings. The van der Waals surface area contributed by atoms with E-state index >= 15 is 0 Å². The quantitative estimate of drug-likeness (QED) is 0.776. The van der Waals surface area contributed by atoms with Crippen molar-refractivity contribution >= 4 is 23.5 Å². The molecule has 6 nitrogen and oxygen atoms in total. The first-order valence-corrected chi connectivity index (χ1v) is 8.18. The van der Waals surface area contributed by atoms with Gasteiger partial charge >= 0.3 is 0 Å². The smallest absolute Gasteiger partial charge is 0.259 e. The lowest BCUT2D eigenvalue weighted by molar-refractivity contribution is 0.918. The van der Waals surface area contributed by atoms with Gasteiger partial charge < -0.3 is 0 Å². The average molecular weight is 356 g/mol. The van der Waals surface area contributed by atoms with E-state index in [4.69, 9.17) is 11.6 Å². The van der Waals surface area contributed by atoms with Gasteiger partial charge in [-0.1, -0.05) is 17.7 Å². The van der Waals surface area contributed by atoms with E-state index in [1.54, 1.807) is 13.0 Å². The van der Waals surface area contributed by atoms with Gasteiger partial charge in [-0.15, -0.1) is 0 Å². The van der Waals surface area contributed by atoms with Gasteiger partial charge in [-0.05, 0) is 51.5 Å². The lowest BCUT2D eigenvalue weighted by Gasteiger charge is -2.14. The number of halogens is 1. The van der Waals surface area contributed by atoms with Crippen molar-refractivity contribution in [3.8, 4) is 5.69 Å². The summed E-state index contributed by atoms with van der Waals surface area (Å²) in [6, 6.07) is 8.78. The first kappa shape index (κ1) is 17.1. The Bertz CT molecular complexity index is 993. The maximum Gasteiger partial charge on any atom is 0.259 e. The Balaban J connectivity index is 2.15. The van der Waals surface area contributed by atoms with Crippen LogP contribution in [0.15, 0.2) is 35.1 Å². The zero-order chi connectivity index (χ0) is 18.1. The Morgan fingerprint density at radius 3 is 2.20 bits per heavy atom. The van der Waals surface area contributed by atoms with Crippen LogP contribution < -0.4 is 10.9 Å². The van der Waals surface area contributed by atoms with Crippen LogP contribution in [0.1, 0.15) is 22.6 Å². The van der Waals surface area contributed by atoms with Crippen LogP contribution in [0, 0.1) is 27.7 Å². The number of nitrogens with one attached hydrogen (secondary N) is 1. The Hall–Kier alpha value is -2.73. The first-order chi connectivity index (χ1) is 11.8. The molecule has 0 saturated carbocycles.